The van der Waals surface area contributed by atoms with Crippen molar-refractivity contribution in [2.75, 3.05) is 13.2 Å². The van der Waals surface area contributed by atoms with Crippen LogP contribution in [0, 0.1) is 6.92 Å². The Kier molecular flexibility index (Phi) is 6.45. The van der Waals surface area contributed by atoms with E-state index in [0.717, 1.165) is 0 Å². The van der Waals surface area contributed by atoms with Crippen molar-refractivity contribution >= 4 is 5.96 Å². The van der Waals surface area contributed by atoms with E-state index in [1.165, 1.54) is 16.7 Å². The molecule has 22 heavy (non-hydrogen) atoms. The summed E-state index contributed by atoms with van der Waals surface area (Å²) in [5.41, 5.74) is 9.43. The minimum Gasteiger partial charge on any atom is -0.375 e. The molecular formula is C18H23N3O. The summed E-state index contributed by atoms with van der Waals surface area (Å²) in [6.45, 7) is 4.52. The van der Waals surface area contributed by atoms with E-state index in [9.17, 15) is 0 Å². The van der Waals surface area contributed by atoms with Gasteiger partial charge in [0, 0.05) is 6.54 Å². The van der Waals surface area contributed by atoms with E-state index in [1.807, 2.05) is 42.5 Å². The smallest absolute Gasteiger partial charge is 0.188 e. The van der Waals surface area contributed by atoms with Crippen LogP contribution < -0.4 is 11.1 Å². The van der Waals surface area contributed by atoms with E-state index in [0.29, 0.717) is 32.3 Å². The first-order valence-electron chi connectivity index (χ1n) is 7.45. The highest BCUT2D eigenvalue weighted by Gasteiger charge is 1.97. The molecule has 0 fully saturated rings. The van der Waals surface area contributed by atoms with E-state index in [4.69, 9.17) is 10.5 Å². The Morgan fingerprint density at radius 1 is 1.09 bits per heavy atom. The monoisotopic (exact) mass is 297 g/mol. The average Bonchev–Trinajstić information content (AvgIpc) is 2.55. The SMILES string of the molecule is Cc1ccccc1CN=C(N)NCCOCc1ccccc1. The Bertz CT molecular complexity index is 596. The van der Waals surface area contributed by atoms with Crippen molar-refractivity contribution in [3.8, 4) is 0 Å². The van der Waals surface area contributed by atoms with Gasteiger partial charge < -0.3 is 15.8 Å². The van der Waals surface area contributed by atoms with E-state index >= 15 is 0 Å². The largest absolute Gasteiger partial charge is 0.375 e. The van der Waals surface area contributed by atoms with E-state index in [2.05, 4.69) is 29.4 Å². The maximum Gasteiger partial charge on any atom is 0.188 e. The van der Waals surface area contributed by atoms with Crippen LogP contribution in [0.5, 0.6) is 0 Å². The first kappa shape index (κ1) is 16.0. The summed E-state index contributed by atoms with van der Waals surface area (Å²) in [6, 6.07) is 18.3. The number of rotatable bonds is 7. The number of hydrogen-bond donors (Lipinski definition) is 2. The molecule has 0 aliphatic carbocycles. The lowest BCUT2D eigenvalue weighted by molar-refractivity contribution is 0.125. The molecule has 0 bridgehead atoms. The van der Waals surface area contributed by atoms with Gasteiger partial charge in [-0.05, 0) is 23.6 Å². The number of nitrogens with one attached hydrogen (secondary N) is 1. The number of benzene rings is 2. The molecule has 0 aliphatic heterocycles. The summed E-state index contributed by atoms with van der Waals surface area (Å²) in [4.78, 5) is 4.34. The fraction of sp³-hybridized carbons (Fsp3) is 0.278. The maximum atomic E-state index is 5.85. The molecule has 0 aromatic heterocycles. The van der Waals surface area contributed by atoms with Gasteiger partial charge in [0.15, 0.2) is 5.96 Å². The van der Waals surface area contributed by atoms with Crippen molar-refractivity contribution in [3.05, 3.63) is 71.3 Å². The van der Waals surface area contributed by atoms with Gasteiger partial charge >= 0.3 is 0 Å². The van der Waals surface area contributed by atoms with Crippen LogP contribution in [0.1, 0.15) is 16.7 Å². The Hall–Kier alpha value is -2.33. The van der Waals surface area contributed by atoms with E-state index < -0.39 is 0 Å². The zero-order chi connectivity index (χ0) is 15.6. The van der Waals surface area contributed by atoms with Crippen LogP contribution in [-0.4, -0.2) is 19.1 Å². The van der Waals surface area contributed by atoms with Crippen molar-refractivity contribution < 1.29 is 4.74 Å². The second-order valence-electron chi connectivity index (χ2n) is 5.09. The summed E-state index contributed by atoms with van der Waals surface area (Å²) < 4.78 is 5.58. The van der Waals surface area contributed by atoms with Gasteiger partial charge in [-0.3, -0.25) is 0 Å². The highest BCUT2D eigenvalue weighted by atomic mass is 16.5. The number of nitrogens with two attached hydrogens (primary N) is 1. The predicted molar refractivity (Wildman–Crippen MR) is 90.6 cm³/mol. The van der Waals surface area contributed by atoms with Crippen LogP contribution in [-0.2, 0) is 17.9 Å². The fourth-order valence-electron chi connectivity index (χ4n) is 2.03. The van der Waals surface area contributed by atoms with Crippen LogP contribution >= 0.6 is 0 Å². The minimum atomic E-state index is 0.451. The Balaban J connectivity index is 1.64. The van der Waals surface area contributed by atoms with Gasteiger partial charge in [0.05, 0.1) is 19.8 Å². The lowest BCUT2D eigenvalue weighted by Gasteiger charge is -2.07. The number of ether oxygens (including phenoxy) is 1. The van der Waals surface area contributed by atoms with Crippen LogP contribution in [0.3, 0.4) is 0 Å². The molecule has 0 saturated heterocycles. The van der Waals surface area contributed by atoms with Gasteiger partial charge in [-0.2, -0.15) is 0 Å². The molecule has 0 atom stereocenters. The third-order valence-corrected chi connectivity index (χ3v) is 3.35. The van der Waals surface area contributed by atoms with Crippen molar-refractivity contribution in [1.82, 2.24) is 5.32 Å². The fourth-order valence-corrected chi connectivity index (χ4v) is 2.03. The molecule has 4 nitrogen and oxygen atoms in total. The highest BCUT2D eigenvalue weighted by Crippen LogP contribution is 2.07. The minimum absolute atomic E-state index is 0.451. The van der Waals surface area contributed by atoms with E-state index in [-0.39, 0.29) is 0 Å². The molecule has 0 saturated carbocycles. The standard InChI is InChI=1S/C18H23N3O/c1-15-7-5-6-10-17(15)13-21-18(19)20-11-12-22-14-16-8-3-2-4-9-16/h2-10H,11-14H2,1H3,(H3,19,20,21). The van der Waals surface area contributed by atoms with Gasteiger partial charge in [-0.1, -0.05) is 54.6 Å². The van der Waals surface area contributed by atoms with Crippen LogP contribution in [0.25, 0.3) is 0 Å². The third-order valence-electron chi connectivity index (χ3n) is 3.35. The Morgan fingerprint density at radius 3 is 2.59 bits per heavy atom. The van der Waals surface area contributed by atoms with Gasteiger partial charge in [0.2, 0.25) is 0 Å². The highest BCUT2D eigenvalue weighted by molar-refractivity contribution is 5.77. The molecule has 0 amide bonds. The van der Waals surface area contributed by atoms with Gasteiger partial charge in [-0.15, -0.1) is 0 Å². The topological polar surface area (TPSA) is 59.6 Å². The summed E-state index contributed by atoms with van der Waals surface area (Å²) in [5, 5.41) is 3.06. The first-order valence-corrected chi connectivity index (χ1v) is 7.45. The number of aliphatic imine (C=N–C) groups is 1. The molecule has 2 aromatic carbocycles. The summed E-state index contributed by atoms with van der Waals surface area (Å²) in [6.07, 6.45) is 0. The molecular weight excluding hydrogens is 274 g/mol. The molecule has 4 heteroatoms. The van der Waals surface area contributed by atoms with Crippen molar-refractivity contribution in [3.63, 3.8) is 0 Å². The molecule has 0 radical (unpaired) electrons. The van der Waals surface area contributed by atoms with Gasteiger partial charge in [0.1, 0.15) is 0 Å². The number of nitrogens with zero attached hydrogens (tertiary/aromatic N) is 1. The lowest BCUT2D eigenvalue weighted by atomic mass is 10.1. The third kappa shape index (κ3) is 5.58. The van der Waals surface area contributed by atoms with Crippen LogP contribution in [0.2, 0.25) is 0 Å². The Labute approximate surface area is 132 Å². The second kappa shape index (κ2) is 8.85. The summed E-state index contributed by atoms with van der Waals surface area (Å²) >= 11 is 0. The van der Waals surface area contributed by atoms with Crippen LogP contribution in [0.4, 0.5) is 0 Å². The average molecular weight is 297 g/mol. The Morgan fingerprint density at radius 2 is 1.82 bits per heavy atom. The molecule has 2 aromatic rings. The molecule has 0 aliphatic rings. The second-order valence-corrected chi connectivity index (χ2v) is 5.09. The zero-order valence-electron chi connectivity index (χ0n) is 13.0. The van der Waals surface area contributed by atoms with Crippen LogP contribution in [0.15, 0.2) is 59.6 Å². The lowest BCUT2D eigenvalue weighted by Crippen LogP contribution is -2.34. The van der Waals surface area contributed by atoms with Crippen molar-refractivity contribution in [2.45, 2.75) is 20.1 Å². The summed E-state index contributed by atoms with van der Waals surface area (Å²) in [5.74, 6) is 0.451. The van der Waals surface area contributed by atoms with E-state index in [1.54, 1.807) is 0 Å². The summed E-state index contributed by atoms with van der Waals surface area (Å²) in [7, 11) is 0. The van der Waals surface area contributed by atoms with Gasteiger partial charge in [0.25, 0.3) is 0 Å². The quantitative estimate of drug-likeness (QED) is 0.469. The molecule has 0 unspecified atom stereocenters. The molecule has 116 valence electrons. The molecule has 2 rings (SSSR count). The zero-order valence-corrected chi connectivity index (χ0v) is 13.0. The number of hydrogen-bond acceptors (Lipinski definition) is 2. The molecule has 3 N–H and O–H groups in total. The number of guanidine groups is 1. The number of aryl methyl sites for hydroxylation is 1. The first-order chi connectivity index (χ1) is 10.8. The normalized spacial score (nSPS) is 11.4. The maximum absolute atomic E-state index is 5.85. The predicted octanol–water partition coefficient (Wildman–Crippen LogP) is 2.62. The molecule has 0 heterocycles. The molecule has 0 spiro atoms. The van der Waals surface area contributed by atoms with Crippen molar-refractivity contribution in [1.29, 1.82) is 0 Å². The van der Waals surface area contributed by atoms with Gasteiger partial charge in [-0.25, -0.2) is 4.99 Å². The van der Waals surface area contributed by atoms with Crippen molar-refractivity contribution in [2.24, 2.45) is 10.7 Å².